The zero-order valence-electron chi connectivity index (χ0n) is 25.7. The van der Waals surface area contributed by atoms with Crippen LogP contribution in [0.1, 0.15) is 31.0 Å². The number of halogens is 1. The van der Waals surface area contributed by atoms with Gasteiger partial charge < -0.3 is 25.2 Å². The summed E-state index contributed by atoms with van der Waals surface area (Å²) in [5.74, 6) is 0.0910. The summed E-state index contributed by atoms with van der Waals surface area (Å²) in [4.78, 5) is 25.4. The lowest BCUT2D eigenvalue weighted by molar-refractivity contribution is -0.111. The number of carbonyl (C=O) groups is 1. The molecule has 0 bridgehead atoms. The van der Waals surface area contributed by atoms with Crippen LogP contribution in [0.25, 0.3) is 10.9 Å². The van der Waals surface area contributed by atoms with Crippen molar-refractivity contribution in [3.05, 3.63) is 66.6 Å². The van der Waals surface area contributed by atoms with Crippen molar-refractivity contribution in [2.45, 2.75) is 19.8 Å². The first-order valence-corrected chi connectivity index (χ1v) is 13.6. The molecule has 0 aliphatic heterocycles. The molecular formula is C31H41FN8O2. The fourth-order valence-electron chi connectivity index (χ4n) is 4.61. The molecule has 3 aromatic rings. The number of ether oxygens (including phenoxy) is 1. The maximum absolute atomic E-state index is 15.2. The van der Waals surface area contributed by atoms with Crippen LogP contribution in [0.2, 0.25) is 0 Å². The lowest BCUT2D eigenvalue weighted by Crippen LogP contribution is -2.29. The van der Waals surface area contributed by atoms with Crippen LogP contribution in [0, 0.1) is 5.82 Å². The highest BCUT2D eigenvalue weighted by Gasteiger charge is 2.19. The van der Waals surface area contributed by atoms with E-state index < -0.39 is 5.82 Å². The maximum Gasteiger partial charge on any atom is 0.247 e. The Kier molecular flexibility index (Phi) is 10.6. The minimum absolute atomic E-state index is 0.140. The van der Waals surface area contributed by atoms with Crippen molar-refractivity contribution in [3.8, 4) is 5.75 Å². The van der Waals surface area contributed by atoms with E-state index in [-0.39, 0.29) is 17.8 Å². The second-order valence-electron chi connectivity index (χ2n) is 10.4. The van der Waals surface area contributed by atoms with Gasteiger partial charge in [0.1, 0.15) is 11.3 Å². The number of guanidine groups is 1. The summed E-state index contributed by atoms with van der Waals surface area (Å²) < 4.78 is 22.6. The number of aryl methyl sites for hydroxylation is 1. The van der Waals surface area contributed by atoms with E-state index in [0.29, 0.717) is 40.5 Å². The maximum atomic E-state index is 15.2. The fraction of sp³-hybridized carbons (Fsp3) is 0.355. The third-order valence-electron chi connectivity index (χ3n) is 6.71. The summed E-state index contributed by atoms with van der Waals surface area (Å²) in [6.45, 7) is 13.1. The van der Waals surface area contributed by atoms with E-state index in [1.165, 1.54) is 12.1 Å². The summed E-state index contributed by atoms with van der Waals surface area (Å²) in [6, 6.07) is 6.86. The van der Waals surface area contributed by atoms with Gasteiger partial charge >= 0.3 is 0 Å². The number of benzene rings is 2. The molecule has 1 amide bonds. The average Bonchev–Trinajstić information content (AvgIpc) is 3.30. The minimum atomic E-state index is -0.444. The number of aromatic nitrogens is 2. The van der Waals surface area contributed by atoms with Gasteiger partial charge in [0.25, 0.3) is 0 Å². The molecule has 0 aliphatic carbocycles. The number of nitrogens with one attached hydrogen (secondary N) is 2. The van der Waals surface area contributed by atoms with Gasteiger partial charge in [0.15, 0.2) is 5.82 Å². The molecule has 2 N–H and O–H groups in total. The molecule has 10 nitrogen and oxygen atoms in total. The molecule has 0 saturated heterocycles. The van der Waals surface area contributed by atoms with Crippen LogP contribution in [0.4, 0.5) is 21.5 Å². The first kappa shape index (κ1) is 32.0. The van der Waals surface area contributed by atoms with Gasteiger partial charge in [-0.25, -0.2) is 9.38 Å². The third kappa shape index (κ3) is 7.22. The van der Waals surface area contributed by atoms with E-state index in [4.69, 9.17) is 4.74 Å². The zero-order chi connectivity index (χ0) is 31.1. The number of allylic oxidation sites excluding steroid dienone is 1. The number of methoxy groups -OCH3 is 1. The molecule has 0 radical (unpaired) electrons. The highest BCUT2D eigenvalue weighted by atomic mass is 19.1. The summed E-state index contributed by atoms with van der Waals surface area (Å²) >= 11 is 0. The van der Waals surface area contributed by atoms with Crippen LogP contribution in [0.5, 0.6) is 5.75 Å². The summed E-state index contributed by atoms with van der Waals surface area (Å²) in [5.41, 5.74) is 4.03. The Labute approximate surface area is 247 Å². The third-order valence-corrected chi connectivity index (χ3v) is 6.71. The SMILES string of the molecule is C=CC(=O)Nc1cc(NC(=NC)/N=C(\C=C)c2cc(F)c3nn(C)c(C(C)C)c3c2)c(OC)cc1N(C)CCN(C)C. The van der Waals surface area contributed by atoms with E-state index in [0.717, 1.165) is 23.3 Å². The number of amides is 1. The van der Waals surface area contributed by atoms with Crippen molar-refractivity contribution in [1.82, 2.24) is 14.7 Å². The van der Waals surface area contributed by atoms with Gasteiger partial charge in [0.2, 0.25) is 11.9 Å². The van der Waals surface area contributed by atoms with Gasteiger partial charge in [0.05, 0.1) is 29.9 Å². The van der Waals surface area contributed by atoms with Crippen molar-refractivity contribution in [2.75, 3.05) is 63.9 Å². The van der Waals surface area contributed by atoms with Gasteiger partial charge in [0, 0.05) is 56.9 Å². The van der Waals surface area contributed by atoms with E-state index >= 15 is 4.39 Å². The van der Waals surface area contributed by atoms with Gasteiger partial charge in [-0.2, -0.15) is 5.10 Å². The number of anilines is 3. The number of carbonyl (C=O) groups excluding carboxylic acids is 1. The quantitative estimate of drug-likeness (QED) is 0.189. The molecule has 0 unspecified atom stereocenters. The fourth-order valence-corrected chi connectivity index (χ4v) is 4.61. The molecule has 42 heavy (non-hydrogen) atoms. The molecule has 1 aromatic heterocycles. The lowest BCUT2D eigenvalue weighted by atomic mass is 10.0. The van der Waals surface area contributed by atoms with Gasteiger partial charge in [-0.05, 0) is 50.4 Å². The van der Waals surface area contributed by atoms with Crippen molar-refractivity contribution >= 4 is 45.5 Å². The summed E-state index contributed by atoms with van der Waals surface area (Å²) in [7, 11) is 10.9. The van der Waals surface area contributed by atoms with Crippen LogP contribution in [0.15, 0.2) is 59.6 Å². The number of aliphatic imine (C=N–C) groups is 2. The Morgan fingerprint density at radius 1 is 1.12 bits per heavy atom. The van der Waals surface area contributed by atoms with Crippen LogP contribution in [-0.2, 0) is 11.8 Å². The number of hydrogen-bond donors (Lipinski definition) is 2. The molecule has 11 heteroatoms. The second-order valence-corrected chi connectivity index (χ2v) is 10.4. The van der Waals surface area contributed by atoms with E-state index in [2.05, 4.69) is 43.8 Å². The number of likely N-dealkylation sites (N-methyl/N-ethyl adjacent to an activating group) is 2. The molecule has 0 saturated carbocycles. The summed E-state index contributed by atoms with van der Waals surface area (Å²) in [5, 5.41) is 11.2. The molecule has 0 atom stereocenters. The molecule has 2 aromatic carbocycles. The number of nitrogens with zero attached hydrogens (tertiary/aromatic N) is 6. The van der Waals surface area contributed by atoms with Crippen molar-refractivity contribution < 1.29 is 13.9 Å². The Morgan fingerprint density at radius 2 is 1.83 bits per heavy atom. The highest BCUT2D eigenvalue weighted by molar-refractivity contribution is 6.16. The smallest absolute Gasteiger partial charge is 0.247 e. The van der Waals surface area contributed by atoms with E-state index in [1.54, 1.807) is 31.0 Å². The largest absolute Gasteiger partial charge is 0.494 e. The average molecular weight is 577 g/mol. The molecule has 224 valence electrons. The van der Waals surface area contributed by atoms with Crippen LogP contribution in [-0.4, -0.2) is 80.6 Å². The topological polar surface area (TPSA) is 99.4 Å². The first-order chi connectivity index (χ1) is 19.9. The van der Waals surface area contributed by atoms with Gasteiger partial charge in [-0.3, -0.25) is 14.5 Å². The Balaban J connectivity index is 2.06. The molecule has 0 aliphatic rings. The predicted octanol–water partition coefficient (Wildman–Crippen LogP) is 5.04. The second kappa shape index (κ2) is 13.9. The molecular weight excluding hydrogens is 535 g/mol. The van der Waals surface area contributed by atoms with E-state index in [1.807, 2.05) is 59.1 Å². The monoisotopic (exact) mass is 576 g/mol. The summed E-state index contributed by atoms with van der Waals surface area (Å²) in [6.07, 6.45) is 2.76. The van der Waals surface area contributed by atoms with Crippen LogP contribution < -0.4 is 20.3 Å². The zero-order valence-corrected chi connectivity index (χ0v) is 25.7. The van der Waals surface area contributed by atoms with Crippen molar-refractivity contribution in [2.24, 2.45) is 17.0 Å². The van der Waals surface area contributed by atoms with Crippen LogP contribution >= 0.6 is 0 Å². The normalized spacial score (nSPS) is 12.2. The molecule has 1 heterocycles. The molecule has 0 fully saturated rings. The Hall–Kier alpha value is -4.51. The predicted molar refractivity (Wildman–Crippen MR) is 172 cm³/mol. The number of hydrogen-bond acceptors (Lipinski definition) is 6. The molecule has 0 spiro atoms. The highest BCUT2D eigenvalue weighted by Crippen LogP contribution is 2.37. The Morgan fingerprint density at radius 3 is 2.40 bits per heavy atom. The standard InChI is InChI=1S/C31H41FN8O2/c1-11-23(20-15-21-29(22(32)16-20)37-40(9)30(21)19(3)4)35-31(33-5)36-25-17-24(34-28(41)12-2)26(18-27(25)42-10)39(8)14-13-38(6)7/h11-12,15-19H,1-2,13-14H2,3-10H3,(H,33,36)(H,34,41)/b35-23+. The van der Waals surface area contributed by atoms with Gasteiger partial charge in [-0.15, -0.1) is 0 Å². The van der Waals surface area contributed by atoms with Crippen LogP contribution in [0.3, 0.4) is 0 Å². The van der Waals surface area contributed by atoms with Gasteiger partial charge in [-0.1, -0.05) is 27.0 Å². The Bertz CT molecular complexity index is 1540. The molecule has 3 rings (SSSR count). The number of rotatable bonds is 11. The lowest BCUT2D eigenvalue weighted by Gasteiger charge is -2.26. The minimum Gasteiger partial charge on any atom is -0.494 e. The van der Waals surface area contributed by atoms with E-state index in [9.17, 15) is 4.79 Å². The number of fused-ring (bicyclic) bond motifs is 1. The van der Waals surface area contributed by atoms with Crippen molar-refractivity contribution in [3.63, 3.8) is 0 Å². The first-order valence-electron chi connectivity index (χ1n) is 13.6. The van der Waals surface area contributed by atoms with Crippen molar-refractivity contribution in [1.29, 1.82) is 0 Å².